The van der Waals surface area contributed by atoms with E-state index in [2.05, 4.69) is 25.0 Å². The topological polar surface area (TPSA) is 59.9 Å². The van der Waals surface area contributed by atoms with Crippen molar-refractivity contribution >= 4 is 34.8 Å². The quantitative estimate of drug-likeness (QED) is 0.870. The van der Waals surface area contributed by atoms with Crippen LogP contribution in [0.1, 0.15) is 0 Å². The molecule has 0 bridgehead atoms. The number of ether oxygens (including phenoxy) is 1. The lowest BCUT2D eigenvalue weighted by molar-refractivity contribution is -0.274. The summed E-state index contributed by atoms with van der Waals surface area (Å²) in [5.41, 5.74) is 0. The van der Waals surface area contributed by atoms with Crippen LogP contribution in [0.15, 0.2) is 24.5 Å². The average Bonchev–Trinajstić information content (AvgIpc) is 2.32. The molecule has 10 heteroatoms. The second kappa shape index (κ2) is 5.68. The molecule has 0 aliphatic heterocycles. The van der Waals surface area contributed by atoms with Crippen molar-refractivity contribution in [2.75, 3.05) is 5.32 Å². The maximum atomic E-state index is 12.1. The number of nitrogens with one attached hydrogen (secondary N) is 1. The van der Waals surface area contributed by atoms with E-state index in [0.29, 0.717) is 0 Å². The lowest BCUT2D eigenvalue weighted by Gasteiger charge is -2.10. The number of anilines is 2. The molecule has 1 N–H and O–H groups in total. The van der Waals surface area contributed by atoms with E-state index in [9.17, 15) is 13.2 Å². The van der Waals surface area contributed by atoms with E-state index in [1.54, 1.807) is 0 Å². The minimum Gasteiger partial charge on any atom is -0.406 e. The molecule has 106 valence electrons. The Hall–Kier alpha value is -1.80. The van der Waals surface area contributed by atoms with Gasteiger partial charge in [-0.15, -0.1) is 13.2 Å². The monoisotopic (exact) mass is 324 g/mol. The highest BCUT2D eigenvalue weighted by Crippen LogP contribution is 2.27. The Morgan fingerprint density at radius 1 is 1.20 bits per heavy atom. The summed E-state index contributed by atoms with van der Waals surface area (Å²) in [6.45, 7) is 0. The van der Waals surface area contributed by atoms with Gasteiger partial charge in [-0.25, -0.2) is 9.97 Å². The minimum absolute atomic E-state index is 0.0587. The lowest BCUT2D eigenvalue weighted by Crippen LogP contribution is -2.17. The van der Waals surface area contributed by atoms with E-state index in [4.69, 9.17) is 23.2 Å². The molecule has 0 saturated carbocycles. The molecule has 0 radical (unpaired) electrons. The fraction of sp³-hybridized carbons (Fsp3) is 0.100. The lowest BCUT2D eigenvalue weighted by atomic mass is 10.4. The predicted octanol–water partition coefficient (Wildman–Crippen LogP) is 3.82. The van der Waals surface area contributed by atoms with Gasteiger partial charge in [0.05, 0.1) is 6.20 Å². The third-order valence-electron chi connectivity index (χ3n) is 1.93. The molecule has 5 nitrogen and oxygen atoms in total. The first-order valence-electron chi connectivity index (χ1n) is 5.00. The summed E-state index contributed by atoms with van der Waals surface area (Å²) in [5, 5.41) is 2.68. The molecule has 0 atom stereocenters. The van der Waals surface area contributed by atoms with Crippen molar-refractivity contribution in [3.05, 3.63) is 34.8 Å². The number of pyridine rings is 1. The number of hydrogen-bond acceptors (Lipinski definition) is 5. The van der Waals surface area contributed by atoms with Gasteiger partial charge >= 0.3 is 6.36 Å². The van der Waals surface area contributed by atoms with Gasteiger partial charge in [0.15, 0.2) is 5.82 Å². The molecule has 20 heavy (non-hydrogen) atoms. The normalized spacial score (nSPS) is 11.2. The summed E-state index contributed by atoms with van der Waals surface area (Å²) < 4.78 is 40.0. The Bertz CT molecular complexity index is 624. The van der Waals surface area contributed by atoms with Crippen LogP contribution in [-0.4, -0.2) is 21.3 Å². The number of nitrogens with zero attached hydrogens (tertiary/aromatic N) is 3. The Balaban J connectivity index is 2.21. The van der Waals surface area contributed by atoms with E-state index >= 15 is 0 Å². The summed E-state index contributed by atoms with van der Waals surface area (Å²) in [5.74, 6) is -0.252. The maximum Gasteiger partial charge on any atom is 0.573 e. The van der Waals surface area contributed by atoms with Crippen LogP contribution in [-0.2, 0) is 0 Å². The molecule has 2 aromatic rings. The van der Waals surface area contributed by atoms with E-state index in [0.717, 1.165) is 18.3 Å². The zero-order valence-electron chi connectivity index (χ0n) is 9.45. The van der Waals surface area contributed by atoms with Gasteiger partial charge in [-0.05, 0) is 17.7 Å². The SMILES string of the molecule is FC(F)(F)Oc1ccnc(Nc2nc(Cl)ncc2Cl)c1. The smallest absolute Gasteiger partial charge is 0.406 e. The predicted molar refractivity (Wildman–Crippen MR) is 66.3 cm³/mol. The molecule has 0 fully saturated rings. The highest BCUT2D eigenvalue weighted by atomic mass is 35.5. The molecule has 0 amide bonds. The molecular weight excluding hydrogens is 320 g/mol. The van der Waals surface area contributed by atoms with Crippen LogP contribution >= 0.6 is 23.2 Å². The first kappa shape index (κ1) is 14.6. The van der Waals surface area contributed by atoms with Gasteiger partial charge < -0.3 is 10.1 Å². The van der Waals surface area contributed by atoms with Crippen molar-refractivity contribution in [2.45, 2.75) is 6.36 Å². The summed E-state index contributed by atoms with van der Waals surface area (Å²) in [4.78, 5) is 11.2. The number of rotatable bonds is 3. The van der Waals surface area contributed by atoms with Crippen molar-refractivity contribution in [1.29, 1.82) is 0 Å². The zero-order chi connectivity index (χ0) is 14.8. The van der Waals surface area contributed by atoms with Crippen LogP contribution in [0.25, 0.3) is 0 Å². The Morgan fingerprint density at radius 3 is 2.65 bits per heavy atom. The van der Waals surface area contributed by atoms with E-state index in [1.807, 2.05) is 0 Å². The van der Waals surface area contributed by atoms with Gasteiger partial charge in [0.25, 0.3) is 0 Å². The van der Waals surface area contributed by atoms with Crippen molar-refractivity contribution in [3.8, 4) is 5.75 Å². The third kappa shape index (κ3) is 4.10. The van der Waals surface area contributed by atoms with Crippen LogP contribution in [0.3, 0.4) is 0 Å². The molecule has 2 rings (SSSR count). The van der Waals surface area contributed by atoms with Crippen molar-refractivity contribution in [2.24, 2.45) is 0 Å². The van der Waals surface area contributed by atoms with E-state index in [-0.39, 0.29) is 21.9 Å². The minimum atomic E-state index is -4.78. The Labute approximate surface area is 120 Å². The molecule has 2 aromatic heterocycles. The van der Waals surface area contributed by atoms with Crippen LogP contribution in [0, 0.1) is 0 Å². The summed E-state index contributed by atoms with van der Waals surface area (Å²) >= 11 is 11.4. The Morgan fingerprint density at radius 2 is 1.95 bits per heavy atom. The van der Waals surface area contributed by atoms with Crippen LogP contribution in [0.5, 0.6) is 5.75 Å². The molecule has 2 heterocycles. The first-order chi connectivity index (χ1) is 9.33. The Kier molecular flexibility index (Phi) is 4.15. The molecule has 0 aromatic carbocycles. The van der Waals surface area contributed by atoms with Crippen molar-refractivity contribution in [1.82, 2.24) is 15.0 Å². The fourth-order valence-corrected chi connectivity index (χ4v) is 1.50. The highest BCUT2D eigenvalue weighted by Gasteiger charge is 2.31. The summed E-state index contributed by atoms with van der Waals surface area (Å²) in [6, 6.07) is 2.10. The van der Waals surface area contributed by atoms with Gasteiger partial charge in [0, 0.05) is 12.3 Å². The standard InChI is InChI=1S/C10H5Cl2F3N4O/c11-6-4-17-9(12)19-8(6)18-7-3-5(1-2-16-7)20-10(13,14)15/h1-4H,(H,16,17,18,19). The second-order valence-corrected chi connectivity index (χ2v) is 4.13. The third-order valence-corrected chi connectivity index (χ3v) is 2.38. The van der Waals surface area contributed by atoms with Crippen LogP contribution in [0.2, 0.25) is 10.3 Å². The van der Waals surface area contributed by atoms with Crippen LogP contribution in [0.4, 0.5) is 24.8 Å². The van der Waals surface area contributed by atoms with Crippen LogP contribution < -0.4 is 10.1 Å². The summed E-state index contributed by atoms with van der Waals surface area (Å²) in [6.07, 6.45) is -2.40. The molecular formula is C10H5Cl2F3N4O. The number of halogens is 5. The number of alkyl halides is 3. The van der Waals surface area contributed by atoms with Gasteiger partial charge in [-0.2, -0.15) is 4.98 Å². The number of hydrogen-bond donors (Lipinski definition) is 1. The maximum absolute atomic E-state index is 12.1. The highest BCUT2D eigenvalue weighted by molar-refractivity contribution is 6.33. The molecule has 0 saturated heterocycles. The van der Waals surface area contributed by atoms with Gasteiger partial charge in [0.1, 0.15) is 16.6 Å². The molecule has 0 aliphatic carbocycles. The molecule has 0 unspecified atom stereocenters. The number of aromatic nitrogens is 3. The van der Waals surface area contributed by atoms with E-state index in [1.165, 1.54) is 6.20 Å². The van der Waals surface area contributed by atoms with Crippen molar-refractivity contribution < 1.29 is 17.9 Å². The fourth-order valence-electron chi connectivity index (χ4n) is 1.23. The average molecular weight is 325 g/mol. The van der Waals surface area contributed by atoms with Crippen molar-refractivity contribution in [3.63, 3.8) is 0 Å². The molecule has 0 aliphatic rings. The summed E-state index contributed by atoms with van der Waals surface area (Å²) in [7, 11) is 0. The largest absolute Gasteiger partial charge is 0.573 e. The van der Waals surface area contributed by atoms with Gasteiger partial charge in [0.2, 0.25) is 5.28 Å². The first-order valence-corrected chi connectivity index (χ1v) is 5.76. The van der Waals surface area contributed by atoms with Gasteiger partial charge in [-0.1, -0.05) is 11.6 Å². The van der Waals surface area contributed by atoms with Gasteiger partial charge in [-0.3, -0.25) is 0 Å². The zero-order valence-corrected chi connectivity index (χ0v) is 11.0. The molecule has 0 spiro atoms. The van der Waals surface area contributed by atoms with E-state index < -0.39 is 12.1 Å². The second-order valence-electron chi connectivity index (χ2n) is 3.39.